The van der Waals surface area contributed by atoms with Crippen LogP contribution in [0.15, 0.2) is 30.5 Å². The SMILES string of the molecule is Cc1cccc(C)c1CNc1cc(C(C(=O)O)(N2CCC2)C(O)(CC(=O)O)C(=O)O)cn2c(C)c(C)nc12. The van der Waals surface area contributed by atoms with Crippen LogP contribution in [0.4, 0.5) is 5.69 Å². The first-order chi connectivity index (χ1) is 17.8. The number of nitrogens with one attached hydrogen (secondary N) is 1. The maximum atomic E-state index is 13.1. The summed E-state index contributed by atoms with van der Waals surface area (Å²) in [5.41, 5.74) is -0.368. The molecule has 38 heavy (non-hydrogen) atoms. The highest BCUT2D eigenvalue weighted by Gasteiger charge is 2.67. The van der Waals surface area contributed by atoms with Crippen LogP contribution >= 0.6 is 0 Å². The monoisotopic (exact) mass is 524 g/mol. The van der Waals surface area contributed by atoms with Crippen LogP contribution in [0, 0.1) is 27.7 Å². The molecule has 11 nitrogen and oxygen atoms in total. The minimum Gasteiger partial charge on any atom is -0.481 e. The Kier molecular flexibility index (Phi) is 6.94. The van der Waals surface area contributed by atoms with Gasteiger partial charge in [0.05, 0.1) is 17.8 Å². The van der Waals surface area contributed by atoms with Crippen molar-refractivity contribution in [3.05, 3.63) is 64.1 Å². The third kappa shape index (κ3) is 4.07. The number of imidazole rings is 1. The highest BCUT2D eigenvalue weighted by atomic mass is 16.4. The Morgan fingerprint density at radius 2 is 1.66 bits per heavy atom. The topological polar surface area (TPSA) is 165 Å². The standard InChI is InChI=1S/C27H32N4O7/c1-15-7-5-8-16(2)20(15)13-28-21-11-19(14-31-18(4)17(3)29-23(21)31)27(25(36)37,30-9-6-10-30)26(38,24(34)35)12-22(32)33/h5,7-8,11,14,28,38H,6,9-10,12-13H2,1-4H3,(H,32,33)(H,34,35)(H,36,37). The Balaban J connectivity index is 2.00. The fourth-order valence-electron chi connectivity index (χ4n) is 5.36. The van der Waals surface area contributed by atoms with Crippen molar-refractivity contribution in [3.63, 3.8) is 0 Å². The lowest BCUT2D eigenvalue weighted by Gasteiger charge is -2.51. The van der Waals surface area contributed by atoms with Gasteiger partial charge < -0.3 is 30.1 Å². The van der Waals surface area contributed by atoms with E-state index in [1.54, 1.807) is 18.2 Å². The lowest BCUT2D eigenvalue weighted by atomic mass is 9.70. The summed E-state index contributed by atoms with van der Waals surface area (Å²) in [5.74, 6) is -5.22. The lowest BCUT2D eigenvalue weighted by molar-refractivity contribution is -0.205. The summed E-state index contributed by atoms with van der Waals surface area (Å²) < 4.78 is 1.65. The average molecular weight is 525 g/mol. The van der Waals surface area contributed by atoms with Crippen molar-refractivity contribution in [1.29, 1.82) is 0 Å². The third-order valence-corrected chi connectivity index (χ3v) is 7.71. The number of anilines is 1. The summed E-state index contributed by atoms with van der Waals surface area (Å²) in [6.07, 6.45) is 0.703. The van der Waals surface area contributed by atoms with E-state index >= 15 is 0 Å². The van der Waals surface area contributed by atoms with Crippen LogP contribution in [0.1, 0.15) is 46.5 Å². The molecule has 0 aliphatic carbocycles. The number of likely N-dealkylation sites (tertiary alicyclic amines) is 1. The molecule has 2 aromatic heterocycles. The quantitative estimate of drug-likeness (QED) is 0.266. The van der Waals surface area contributed by atoms with E-state index in [-0.39, 0.29) is 18.7 Å². The molecule has 5 N–H and O–H groups in total. The normalized spacial score (nSPS) is 16.9. The number of carboxylic acids is 3. The summed E-state index contributed by atoms with van der Waals surface area (Å²) in [6.45, 7) is 8.29. The van der Waals surface area contributed by atoms with Crippen LogP contribution < -0.4 is 5.32 Å². The van der Waals surface area contributed by atoms with Crippen LogP contribution in [-0.4, -0.2) is 71.3 Å². The fourth-order valence-corrected chi connectivity index (χ4v) is 5.36. The Morgan fingerprint density at radius 1 is 1.03 bits per heavy atom. The van der Waals surface area contributed by atoms with Crippen LogP contribution in [0.2, 0.25) is 0 Å². The largest absolute Gasteiger partial charge is 0.481 e. The highest BCUT2D eigenvalue weighted by molar-refractivity contribution is 5.96. The number of hydrogen-bond donors (Lipinski definition) is 5. The highest BCUT2D eigenvalue weighted by Crippen LogP contribution is 2.45. The molecule has 0 saturated carbocycles. The number of aliphatic carboxylic acids is 3. The molecule has 4 rings (SSSR count). The lowest BCUT2D eigenvalue weighted by Crippen LogP contribution is -2.72. The zero-order valence-corrected chi connectivity index (χ0v) is 21.8. The average Bonchev–Trinajstić information content (AvgIpc) is 3.08. The summed E-state index contributed by atoms with van der Waals surface area (Å²) in [6, 6.07) is 7.39. The molecule has 0 amide bonds. The van der Waals surface area contributed by atoms with Crippen molar-refractivity contribution in [2.24, 2.45) is 0 Å². The van der Waals surface area contributed by atoms with E-state index in [2.05, 4.69) is 10.3 Å². The number of rotatable bonds is 10. The molecule has 0 spiro atoms. The first-order valence-corrected chi connectivity index (χ1v) is 12.3. The Morgan fingerprint density at radius 3 is 2.16 bits per heavy atom. The van der Waals surface area contributed by atoms with Gasteiger partial charge in [0, 0.05) is 37.1 Å². The number of nitrogens with zero attached hydrogens (tertiary/aromatic N) is 3. The molecule has 1 fully saturated rings. The zero-order valence-electron chi connectivity index (χ0n) is 21.8. The second-order valence-corrected chi connectivity index (χ2v) is 9.93. The molecule has 0 bridgehead atoms. The van der Waals surface area contributed by atoms with Crippen LogP contribution in [0.5, 0.6) is 0 Å². The molecular formula is C27H32N4O7. The molecule has 202 valence electrons. The van der Waals surface area contributed by atoms with Gasteiger partial charge in [-0.3, -0.25) is 9.69 Å². The molecule has 11 heteroatoms. The number of hydrogen-bond acceptors (Lipinski definition) is 7. The summed E-state index contributed by atoms with van der Waals surface area (Å²) >= 11 is 0. The summed E-state index contributed by atoms with van der Waals surface area (Å²) in [4.78, 5) is 43.3. The molecule has 2 atom stereocenters. The van der Waals surface area contributed by atoms with E-state index in [1.165, 1.54) is 17.2 Å². The van der Waals surface area contributed by atoms with E-state index in [9.17, 15) is 34.8 Å². The number of pyridine rings is 1. The van der Waals surface area contributed by atoms with Gasteiger partial charge in [-0.2, -0.15) is 0 Å². The van der Waals surface area contributed by atoms with Gasteiger partial charge in [0.1, 0.15) is 0 Å². The maximum Gasteiger partial charge on any atom is 0.339 e. The molecule has 2 unspecified atom stereocenters. The Labute approximate surface area is 219 Å². The molecule has 3 heterocycles. The minimum absolute atomic E-state index is 0.0622. The van der Waals surface area contributed by atoms with Crippen LogP contribution in [-0.2, 0) is 26.5 Å². The maximum absolute atomic E-state index is 13.1. The second kappa shape index (κ2) is 9.73. The van der Waals surface area contributed by atoms with Gasteiger partial charge in [0.15, 0.2) is 11.2 Å². The van der Waals surface area contributed by atoms with E-state index in [1.807, 2.05) is 32.0 Å². The molecular weight excluding hydrogens is 492 g/mol. The molecule has 1 aliphatic rings. The third-order valence-electron chi connectivity index (χ3n) is 7.71. The van der Waals surface area contributed by atoms with E-state index in [4.69, 9.17) is 0 Å². The van der Waals surface area contributed by atoms with E-state index < -0.39 is 35.5 Å². The number of aliphatic hydroxyl groups is 1. The van der Waals surface area contributed by atoms with Gasteiger partial charge in [-0.05, 0) is 56.9 Å². The minimum atomic E-state index is -3.17. The van der Waals surface area contributed by atoms with Crippen molar-refractivity contribution in [2.75, 3.05) is 18.4 Å². The molecule has 3 aromatic rings. The number of aromatic nitrogens is 2. The predicted molar refractivity (Wildman–Crippen MR) is 138 cm³/mol. The number of fused-ring (bicyclic) bond motifs is 1. The van der Waals surface area contributed by atoms with Crippen molar-refractivity contribution in [3.8, 4) is 0 Å². The second-order valence-electron chi connectivity index (χ2n) is 9.93. The van der Waals surface area contributed by atoms with Gasteiger partial charge in [0.25, 0.3) is 0 Å². The molecule has 1 aromatic carbocycles. The fraction of sp³-hybridized carbons (Fsp3) is 0.407. The van der Waals surface area contributed by atoms with Gasteiger partial charge in [-0.25, -0.2) is 14.6 Å². The number of carbonyl (C=O) groups is 3. The zero-order chi connectivity index (χ0) is 28.0. The van der Waals surface area contributed by atoms with Gasteiger partial charge in [0.2, 0.25) is 5.60 Å². The van der Waals surface area contributed by atoms with Crippen LogP contribution in [0.3, 0.4) is 0 Å². The summed E-state index contributed by atoms with van der Waals surface area (Å²) in [7, 11) is 0. The van der Waals surface area contributed by atoms with E-state index in [0.29, 0.717) is 35.7 Å². The first kappa shape index (κ1) is 27.1. The van der Waals surface area contributed by atoms with Gasteiger partial charge in [-0.1, -0.05) is 18.2 Å². The van der Waals surface area contributed by atoms with Gasteiger partial charge in [-0.15, -0.1) is 0 Å². The number of aryl methyl sites for hydroxylation is 4. The van der Waals surface area contributed by atoms with Crippen molar-refractivity contribution < 1.29 is 34.8 Å². The predicted octanol–water partition coefficient (Wildman–Crippen LogP) is 2.46. The summed E-state index contributed by atoms with van der Waals surface area (Å²) in [5, 5.41) is 45.1. The van der Waals surface area contributed by atoms with Crippen molar-refractivity contribution in [1.82, 2.24) is 14.3 Å². The first-order valence-electron chi connectivity index (χ1n) is 12.3. The molecule has 1 saturated heterocycles. The Bertz CT molecular complexity index is 1420. The van der Waals surface area contributed by atoms with Crippen molar-refractivity contribution >= 4 is 29.2 Å². The molecule has 0 radical (unpaired) electrons. The van der Waals surface area contributed by atoms with E-state index in [0.717, 1.165) is 16.7 Å². The van der Waals surface area contributed by atoms with Gasteiger partial charge >= 0.3 is 17.9 Å². The molecule has 1 aliphatic heterocycles. The number of carboxylic acid groups (broad SMARTS) is 3. The number of benzene rings is 1. The smallest absolute Gasteiger partial charge is 0.339 e. The van der Waals surface area contributed by atoms with Crippen LogP contribution in [0.25, 0.3) is 5.65 Å². The Hall–Kier alpha value is -3.96. The van der Waals surface area contributed by atoms with Crippen molar-refractivity contribution in [2.45, 2.75) is 58.2 Å².